The number of guanidine groups is 1. The van der Waals surface area contributed by atoms with Gasteiger partial charge >= 0.3 is 0 Å². The van der Waals surface area contributed by atoms with Crippen LogP contribution in [0.25, 0.3) is 0 Å². The molecule has 1 fully saturated rings. The average Bonchev–Trinajstić information content (AvgIpc) is 2.45. The van der Waals surface area contributed by atoms with Gasteiger partial charge in [-0.3, -0.25) is 9.79 Å². The highest BCUT2D eigenvalue weighted by atomic mass is 127. The Bertz CT molecular complexity index is 365. The minimum absolute atomic E-state index is 0. The molecular formula is C16H34IN5O. The molecule has 0 aromatic heterocycles. The van der Waals surface area contributed by atoms with Crippen LogP contribution >= 0.6 is 24.0 Å². The number of piperidine rings is 1. The lowest BCUT2D eigenvalue weighted by Gasteiger charge is -2.35. The molecule has 6 nitrogen and oxygen atoms in total. The van der Waals surface area contributed by atoms with Crippen molar-refractivity contribution in [2.24, 2.45) is 4.99 Å². The molecule has 0 bridgehead atoms. The number of hydrogen-bond donors (Lipinski definition) is 3. The topological polar surface area (TPSA) is 68.8 Å². The Balaban J connectivity index is 0.00000484. The molecule has 0 spiro atoms. The molecule has 0 unspecified atom stereocenters. The Morgan fingerprint density at radius 3 is 2.30 bits per heavy atom. The molecule has 0 aliphatic carbocycles. The number of nitrogens with one attached hydrogen (secondary N) is 3. The Labute approximate surface area is 158 Å². The molecule has 3 N–H and O–H groups in total. The van der Waals surface area contributed by atoms with E-state index in [2.05, 4.69) is 39.7 Å². The molecule has 1 aliphatic rings. The molecule has 0 aromatic carbocycles. The number of amides is 1. The van der Waals surface area contributed by atoms with Crippen molar-refractivity contribution < 1.29 is 4.79 Å². The quantitative estimate of drug-likeness (QED) is 0.334. The smallest absolute Gasteiger partial charge is 0.221 e. The van der Waals surface area contributed by atoms with E-state index >= 15 is 0 Å². The summed E-state index contributed by atoms with van der Waals surface area (Å²) in [7, 11) is 1.77. The zero-order valence-corrected chi connectivity index (χ0v) is 17.5. The Hall–Kier alpha value is -0.570. The van der Waals surface area contributed by atoms with Crippen LogP contribution in [0.2, 0.25) is 0 Å². The fraction of sp³-hybridized carbons (Fsp3) is 0.875. The summed E-state index contributed by atoms with van der Waals surface area (Å²) in [4.78, 5) is 18.3. The maximum atomic E-state index is 11.6. The molecule has 1 rings (SSSR count). The lowest BCUT2D eigenvalue weighted by molar-refractivity contribution is -0.121. The monoisotopic (exact) mass is 439 g/mol. The van der Waals surface area contributed by atoms with Gasteiger partial charge in [-0.25, -0.2) is 0 Å². The number of carbonyl (C=O) groups excluding carboxylic acids is 1. The van der Waals surface area contributed by atoms with E-state index in [4.69, 9.17) is 0 Å². The predicted molar refractivity (Wildman–Crippen MR) is 108 cm³/mol. The van der Waals surface area contributed by atoms with Crippen molar-refractivity contribution >= 4 is 35.8 Å². The second kappa shape index (κ2) is 11.9. The number of hydrogen-bond acceptors (Lipinski definition) is 3. The molecule has 0 atom stereocenters. The molecular weight excluding hydrogens is 405 g/mol. The standard InChI is InChI=1S/C16H33N5O.HI/c1-12(2)19-15(22)6-9-18-16(17-5)20-14-7-10-21(11-8-14)13(3)4;/h12-14H,6-11H2,1-5H3,(H,19,22)(H2,17,18,20);1H. The van der Waals surface area contributed by atoms with Crippen molar-refractivity contribution in [2.45, 2.75) is 65.1 Å². The second-order valence-corrected chi connectivity index (χ2v) is 6.52. The number of rotatable bonds is 6. The average molecular weight is 439 g/mol. The number of likely N-dealkylation sites (tertiary alicyclic amines) is 1. The molecule has 1 aliphatic heterocycles. The van der Waals surface area contributed by atoms with Crippen LogP contribution in [0.5, 0.6) is 0 Å². The lowest BCUT2D eigenvalue weighted by Crippen LogP contribution is -2.50. The van der Waals surface area contributed by atoms with E-state index in [1.807, 2.05) is 13.8 Å². The number of nitrogens with zero attached hydrogens (tertiary/aromatic N) is 2. The molecule has 1 heterocycles. The van der Waals surface area contributed by atoms with Gasteiger partial charge in [0.2, 0.25) is 5.91 Å². The van der Waals surface area contributed by atoms with Crippen LogP contribution in [0.15, 0.2) is 4.99 Å². The number of halogens is 1. The van der Waals surface area contributed by atoms with Crippen LogP contribution in [0.3, 0.4) is 0 Å². The van der Waals surface area contributed by atoms with E-state index in [0.717, 1.165) is 31.9 Å². The normalized spacial score (nSPS) is 17.1. The van der Waals surface area contributed by atoms with E-state index in [9.17, 15) is 4.79 Å². The number of aliphatic imine (C=N–C) groups is 1. The van der Waals surface area contributed by atoms with E-state index in [0.29, 0.717) is 25.0 Å². The first-order valence-electron chi connectivity index (χ1n) is 8.43. The maximum absolute atomic E-state index is 11.6. The van der Waals surface area contributed by atoms with Crippen molar-refractivity contribution in [3.8, 4) is 0 Å². The minimum Gasteiger partial charge on any atom is -0.356 e. The van der Waals surface area contributed by atoms with Gasteiger partial charge in [0.1, 0.15) is 0 Å². The van der Waals surface area contributed by atoms with Crippen molar-refractivity contribution in [1.29, 1.82) is 0 Å². The SMILES string of the molecule is CN=C(NCCC(=O)NC(C)C)NC1CCN(C(C)C)CC1.I. The van der Waals surface area contributed by atoms with Gasteiger partial charge in [0.05, 0.1) is 0 Å². The summed E-state index contributed by atoms with van der Waals surface area (Å²) < 4.78 is 0. The summed E-state index contributed by atoms with van der Waals surface area (Å²) in [6, 6.07) is 1.28. The van der Waals surface area contributed by atoms with Crippen LogP contribution in [-0.2, 0) is 4.79 Å². The van der Waals surface area contributed by atoms with Gasteiger partial charge in [0.15, 0.2) is 5.96 Å². The highest BCUT2D eigenvalue weighted by Crippen LogP contribution is 2.12. The first kappa shape index (κ1) is 22.4. The molecule has 0 radical (unpaired) electrons. The minimum atomic E-state index is 0. The summed E-state index contributed by atoms with van der Waals surface area (Å²) in [5, 5.41) is 9.57. The highest BCUT2D eigenvalue weighted by Gasteiger charge is 2.21. The van der Waals surface area contributed by atoms with Crippen LogP contribution in [0.4, 0.5) is 0 Å². The highest BCUT2D eigenvalue weighted by molar-refractivity contribution is 14.0. The molecule has 1 saturated heterocycles. The predicted octanol–water partition coefficient (Wildman–Crippen LogP) is 1.56. The van der Waals surface area contributed by atoms with E-state index in [1.165, 1.54) is 0 Å². The fourth-order valence-electron chi connectivity index (χ4n) is 2.64. The zero-order valence-electron chi connectivity index (χ0n) is 15.2. The zero-order chi connectivity index (χ0) is 16.5. The van der Waals surface area contributed by atoms with Crippen LogP contribution in [-0.4, -0.2) is 61.6 Å². The Kier molecular flexibility index (Phi) is 11.6. The molecule has 1 amide bonds. The first-order valence-corrected chi connectivity index (χ1v) is 8.43. The van der Waals surface area contributed by atoms with E-state index in [-0.39, 0.29) is 35.9 Å². The third kappa shape index (κ3) is 9.34. The van der Waals surface area contributed by atoms with Crippen LogP contribution in [0, 0.1) is 0 Å². The summed E-state index contributed by atoms with van der Waals surface area (Å²) in [5.41, 5.74) is 0. The third-order valence-electron chi connectivity index (χ3n) is 3.92. The van der Waals surface area contributed by atoms with E-state index in [1.54, 1.807) is 7.05 Å². The molecule has 136 valence electrons. The third-order valence-corrected chi connectivity index (χ3v) is 3.92. The van der Waals surface area contributed by atoms with Crippen LogP contribution < -0.4 is 16.0 Å². The van der Waals surface area contributed by atoms with Gasteiger partial charge in [-0.05, 0) is 40.5 Å². The molecule has 0 aromatic rings. The Morgan fingerprint density at radius 1 is 1.22 bits per heavy atom. The number of carbonyl (C=O) groups is 1. The van der Waals surface area contributed by atoms with Crippen LogP contribution in [0.1, 0.15) is 47.0 Å². The van der Waals surface area contributed by atoms with Crippen molar-refractivity contribution in [3.05, 3.63) is 0 Å². The van der Waals surface area contributed by atoms with E-state index < -0.39 is 0 Å². The largest absolute Gasteiger partial charge is 0.356 e. The van der Waals surface area contributed by atoms with Gasteiger partial charge in [-0.1, -0.05) is 0 Å². The molecule has 7 heteroatoms. The molecule has 23 heavy (non-hydrogen) atoms. The first-order chi connectivity index (χ1) is 10.4. The van der Waals surface area contributed by atoms with Gasteiger partial charge in [0.25, 0.3) is 0 Å². The van der Waals surface area contributed by atoms with Gasteiger partial charge < -0.3 is 20.9 Å². The summed E-state index contributed by atoms with van der Waals surface area (Å²) in [6.07, 6.45) is 2.73. The van der Waals surface area contributed by atoms with Crippen molar-refractivity contribution in [3.63, 3.8) is 0 Å². The fourth-order valence-corrected chi connectivity index (χ4v) is 2.64. The maximum Gasteiger partial charge on any atom is 0.221 e. The van der Waals surface area contributed by atoms with Crippen molar-refractivity contribution in [1.82, 2.24) is 20.9 Å². The lowest BCUT2D eigenvalue weighted by atomic mass is 10.0. The van der Waals surface area contributed by atoms with Gasteiger partial charge in [0, 0.05) is 51.2 Å². The van der Waals surface area contributed by atoms with Gasteiger partial charge in [-0.15, -0.1) is 24.0 Å². The molecule has 0 saturated carbocycles. The second-order valence-electron chi connectivity index (χ2n) is 6.52. The Morgan fingerprint density at radius 2 is 1.83 bits per heavy atom. The summed E-state index contributed by atoms with van der Waals surface area (Å²) in [5.74, 6) is 0.864. The van der Waals surface area contributed by atoms with Crippen molar-refractivity contribution in [2.75, 3.05) is 26.7 Å². The summed E-state index contributed by atoms with van der Waals surface area (Å²) >= 11 is 0. The summed E-state index contributed by atoms with van der Waals surface area (Å²) in [6.45, 7) is 11.3. The van der Waals surface area contributed by atoms with Gasteiger partial charge in [-0.2, -0.15) is 0 Å².